The molecule has 2 nitrogen and oxygen atoms in total. The Morgan fingerprint density at radius 1 is 1.32 bits per heavy atom. The molecule has 2 rings (SSSR count). The fraction of sp³-hybridized carbons (Fsp3) is 0.625. The lowest BCUT2D eigenvalue weighted by Gasteiger charge is -2.27. The van der Waals surface area contributed by atoms with E-state index in [1.54, 1.807) is 0 Å². The van der Waals surface area contributed by atoms with Crippen LogP contribution in [0.1, 0.15) is 39.7 Å². The summed E-state index contributed by atoms with van der Waals surface area (Å²) in [5.74, 6) is 0. The molecule has 1 unspecified atom stereocenters. The van der Waals surface area contributed by atoms with Crippen molar-refractivity contribution in [2.75, 3.05) is 7.05 Å². The predicted octanol–water partition coefficient (Wildman–Crippen LogP) is 3.84. The van der Waals surface area contributed by atoms with E-state index in [1.807, 2.05) is 18.8 Å². The third kappa shape index (κ3) is 3.74. The van der Waals surface area contributed by atoms with Crippen molar-refractivity contribution in [2.24, 2.45) is 0 Å². The molecular weight excluding hydrogens is 254 g/mol. The van der Waals surface area contributed by atoms with Gasteiger partial charge in [0.25, 0.3) is 0 Å². The summed E-state index contributed by atoms with van der Waals surface area (Å²) in [5.41, 5.74) is 1.26. The average Bonchev–Trinajstić information content (AvgIpc) is 2.47. The quantitative estimate of drug-likeness (QED) is 0.904. The highest BCUT2D eigenvalue weighted by atomic mass is 32.2. The van der Waals surface area contributed by atoms with Crippen molar-refractivity contribution in [3.63, 3.8) is 0 Å². The molecule has 0 spiro atoms. The first kappa shape index (κ1) is 14.9. The molecular formula is C16H25NOS. The molecule has 0 aromatic heterocycles. The molecule has 1 atom stereocenters. The minimum absolute atomic E-state index is 0.0102. The van der Waals surface area contributed by atoms with Gasteiger partial charge in [0.15, 0.2) is 0 Å². The topological polar surface area (TPSA) is 21.3 Å². The van der Waals surface area contributed by atoms with Crippen LogP contribution in [0.5, 0.6) is 0 Å². The van der Waals surface area contributed by atoms with Crippen LogP contribution in [0.2, 0.25) is 0 Å². The van der Waals surface area contributed by atoms with Crippen molar-refractivity contribution in [1.82, 2.24) is 5.32 Å². The number of benzene rings is 1. The van der Waals surface area contributed by atoms with E-state index in [4.69, 9.17) is 4.74 Å². The fourth-order valence-corrected chi connectivity index (χ4v) is 4.31. The van der Waals surface area contributed by atoms with Crippen LogP contribution in [0, 0.1) is 0 Å². The first-order chi connectivity index (χ1) is 8.82. The highest BCUT2D eigenvalue weighted by Crippen LogP contribution is 2.46. The largest absolute Gasteiger partial charge is 0.368 e. The standard InChI is InChI=1S/C16H25NOS/c1-15(2)10-14(16(3,4)18-15)19-13-8-6-7-12(9-13)11-17-5/h6-9,14,17H,10-11H2,1-5H3. The Balaban J connectivity index is 2.11. The minimum Gasteiger partial charge on any atom is -0.368 e. The Morgan fingerprint density at radius 2 is 2.05 bits per heavy atom. The van der Waals surface area contributed by atoms with Crippen LogP contribution in [-0.2, 0) is 11.3 Å². The highest BCUT2D eigenvalue weighted by Gasteiger charge is 2.46. The maximum atomic E-state index is 6.17. The average molecular weight is 279 g/mol. The molecule has 1 aromatic rings. The van der Waals surface area contributed by atoms with Crippen molar-refractivity contribution < 1.29 is 4.74 Å². The van der Waals surface area contributed by atoms with Gasteiger partial charge >= 0.3 is 0 Å². The number of ether oxygens (including phenoxy) is 1. The zero-order valence-electron chi connectivity index (χ0n) is 12.6. The lowest BCUT2D eigenvalue weighted by molar-refractivity contribution is -0.0631. The van der Waals surface area contributed by atoms with Crippen LogP contribution in [0.25, 0.3) is 0 Å². The van der Waals surface area contributed by atoms with E-state index in [9.17, 15) is 0 Å². The fourth-order valence-electron chi connectivity index (χ4n) is 2.79. The smallest absolute Gasteiger partial charge is 0.0756 e. The van der Waals surface area contributed by atoms with Gasteiger partial charge in [-0.2, -0.15) is 0 Å². The SMILES string of the molecule is CNCc1cccc(SC2CC(C)(C)OC2(C)C)c1. The van der Waals surface area contributed by atoms with Crippen LogP contribution < -0.4 is 5.32 Å². The van der Waals surface area contributed by atoms with Gasteiger partial charge in [0.05, 0.1) is 11.2 Å². The lowest BCUT2D eigenvalue weighted by Crippen LogP contribution is -2.30. The van der Waals surface area contributed by atoms with E-state index < -0.39 is 0 Å². The second-order valence-electron chi connectivity index (χ2n) is 6.45. The molecule has 1 aromatic carbocycles. The molecule has 0 aliphatic carbocycles. The van der Waals surface area contributed by atoms with Crippen molar-refractivity contribution >= 4 is 11.8 Å². The summed E-state index contributed by atoms with van der Waals surface area (Å²) in [5, 5.41) is 3.71. The van der Waals surface area contributed by atoms with Crippen molar-refractivity contribution in [3.8, 4) is 0 Å². The molecule has 1 heterocycles. The van der Waals surface area contributed by atoms with Gasteiger partial charge in [-0.15, -0.1) is 11.8 Å². The van der Waals surface area contributed by atoms with E-state index >= 15 is 0 Å². The Hall–Kier alpha value is -0.510. The van der Waals surface area contributed by atoms with Crippen molar-refractivity contribution in [2.45, 2.75) is 62.0 Å². The first-order valence-electron chi connectivity index (χ1n) is 6.93. The van der Waals surface area contributed by atoms with Gasteiger partial charge in [0.2, 0.25) is 0 Å². The van der Waals surface area contributed by atoms with Gasteiger partial charge in [0.1, 0.15) is 0 Å². The Morgan fingerprint density at radius 3 is 2.63 bits per heavy atom. The second kappa shape index (κ2) is 5.47. The molecule has 1 aliphatic rings. The van der Waals surface area contributed by atoms with E-state index in [0.717, 1.165) is 13.0 Å². The van der Waals surface area contributed by atoms with Crippen LogP contribution in [0.15, 0.2) is 29.2 Å². The molecule has 1 aliphatic heterocycles. The molecule has 3 heteroatoms. The molecule has 0 saturated carbocycles. The van der Waals surface area contributed by atoms with E-state index in [0.29, 0.717) is 5.25 Å². The lowest BCUT2D eigenvalue weighted by atomic mass is 10.0. The van der Waals surface area contributed by atoms with E-state index in [2.05, 4.69) is 57.3 Å². The molecule has 1 fully saturated rings. The molecule has 1 N–H and O–H groups in total. The summed E-state index contributed by atoms with van der Waals surface area (Å²) >= 11 is 1.95. The minimum atomic E-state index is -0.0623. The van der Waals surface area contributed by atoms with Gasteiger partial charge < -0.3 is 10.1 Å². The maximum absolute atomic E-state index is 6.17. The van der Waals surface area contributed by atoms with Crippen LogP contribution >= 0.6 is 11.8 Å². The number of hydrogen-bond donors (Lipinski definition) is 1. The third-order valence-electron chi connectivity index (χ3n) is 3.55. The van der Waals surface area contributed by atoms with Crippen LogP contribution in [-0.4, -0.2) is 23.5 Å². The molecule has 0 radical (unpaired) electrons. The maximum Gasteiger partial charge on any atom is 0.0756 e. The molecule has 1 saturated heterocycles. The zero-order chi connectivity index (χ0) is 14.1. The van der Waals surface area contributed by atoms with Crippen LogP contribution in [0.4, 0.5) is 0 Å². The van der Waals surface area contributed by atoms with Gasteiger partial charge in [0, 0.05) is 16.7 Å². The number of rotatable bonds is 4. The van der Waals surface area contributed by atoms with Gasteiger partial charge in [-0.1, -0.05) is 12.1 Å². The summed E-state index contributed by atoms with van der Waals surface area (Å²) in [4.78, 5) is 1.34. The number of thioether (sulfide) groups is 1. The Bertz CT molecular complexity index is 442. The van der Waals surface area contributed by atoms with Crippen LogP contribution in [0.3, 0.4) is 0 Å². The van der Waals surface area contributed by atoms with Crippen molar-refractivity contribution in [1.29, 1.82) is 0 Å². The second-order valence-corrected chi connectivity index (χ2v) is 7.73. The summed E-state index contributed by atoms with van der Waals surface area (Å²) < 4.78 is 6.17. The molecule has 0 bridgehead atoms. The first-order valence-corrected chi connectivity index (χ1v) is 7.81. The highest BCUT2D eigenvalue weighted by molar-refractivity contribution is 8.00. The zero-order valence-corrected chi connectivity index (χ0v) is 13.4. The molecule has 106 valence electrons. The Labute approximate surface area is 121 Å². The summed E-state index contributed by atoms with van der Waals surface area (Å²) in [7, 11) is 1.98. The van der Waals surface area contributed by atoms with Gasteiger partial charge in [-0.3, -0.25) is 0 Å². The normalized spacial score (nSPS) is 24.6. The number of nitrogens with one attached hydrogen (secondary N) is 1. The third-order valence-corrected chi connectivity index (χ3v) is 5.09. The predicted molar refractivity (Wildman–Crippen MR) is 82.7 cm³/mol. The summed E-state index contributed by atoms with van der Waals surface area (Å²) in [6.07, 6.45) is 1.10. The van der Waals surface area contributed by atoms with Crippen molar-refractivity contribution in [3.05, 3.63) is 29.8 Å². The van der Waals surface area contributed by atoms with Gasteiger partial charge in [-0.05, 0) is 58.9 Å². The molecule has 19 heavy (non-hydrogen) atoms. The molecule has 0 amide bonds. The summed E-state index contributed by atoms with van der Waals surface area (Å²) in [6, 6.07) is 8.79. The summed E-state index contributed by atoms with van der Waals surface area (Å²) in [6.45, 7) is 9.71. The van der Waals surface area contributed by atoms with E-state index in [1.165, 1.54) is 10.5 Å². The Kier molecular flexibility index (Phi) is 4.29. The van der Waals surface area contributed by atoms with E-state index in [-0.39, 0.29) is 11.2 Å². The van der Waals surface area contributed by atoms with Gasteiger partial charge in [-0.25, -0.2) is 0 Å². The monoisotopic (exact) mass is 279 g/mol. The number of hydrogen-bond acceptors (Lipinski definition) is 3.